The lowest BCUT2D eigenvalue weighted by atomic mass is 9.97. The SMILES string of the molecule is C[C@@](C#N)(O[Si](C)(C)C)c1ccccc1F. The summed E-state index contributed by atoms with van der Waals surface area (Å²) in [5.74, 6) is -0.398. The smallest absolute Gasteiger partial charge is 0.186 e. The second kappa shape index (κ2) is 4.36. The van der Waals surface area contributed by atoms with Gasteiger partial charge in [-0.25, -0.2) is 4.39 Å². The fraction of sp³-hybridized carbons (Fsp3) is 0.417. The van der Waals surface area contributed by atoms with E-state index in [1.807, 2.05) is 19.6 Å². The van der Waals surface area contributed by atoms with Gasteiger partial charge in [0.15, 0.2) is 13.9 Å². The van der Waals surface area contributed by atoms with Crippen molar-refractivity contribution in [2.45, 2.75) is 32.2 Å². The molecule has 1 atom stereocenters. The first-order valence-corrected chi connectivity index (χ1v) is 8.56. The molecular weight excluding hydrogens is 221 g/mol. The van der Waals surface area contributed by atoms with E-state index in [0.717, 1.165) is 0 Å². The van der Waals surface area contributed by atoms with Crippen LogP contribution in [0.15, 0.2) is 24.3 Å². The Kier molecular flexibility index (Phi) is 3.51. The molecule has 0 fully saturated rings. The van der Waals surface area contributed by atoms with Crippen LogP contribution < -0.4 is 0 Å². The molecule has 0 aliphatic carbocycles. The summed E-state index contributed by atoms with van der Waals surface area (Å²) >= 11 is 0. The quantitative estimate of drug-likeness (QED) is 0.755. The summed E-state index contributed by atoms with van der Waals surface area (Å²) in [6, 6.07) is 8.32. The fourth-order valence-corrected chi connectivity index (χ4v) is 2.98. The van der Waals surface area contributed by atoms with Crippen LogP contribution in [0, 0.1) is 17.1 Å². The Labute approximate surface area is 96.8 Å². The largest absolute Gasteiger partial charge is 0.397 e. The molecule has 4 heteroatoms. The van der Waals surface area contributed by atoms with Gasteiger partial charge in [0.05, 0.1) is 0 Å². The number of halogens is 1. The van der Waals surface area contributed by atoms with E-state index in [2.05, 4.69) is 6.07 Å². The number of benzene rings is 1. The Morgan fingerprint density at radius 2 is 1.88 bits per heavy atom. The van der Waals surface area contributed by atoms with E-state index in [-0.39, 0.29) is 0 Å². The summed E-state index contributed by atoms with van der Waals surface area (Å²) in [6.45, 7) is 7.54. The van der Waals surface area contributed by atoms with Crippen molar-refractivity contribution in [1.29, 1.82) is 5.26 Å². The topological polar surface area (TPSA) is 33.0 Å². The number of nitrogens with zero attached hydrogens (tertiary/aromatic N) is 1. The lowest BCUT2D eigenvalue weighted by Gasteiger charge is -2.30. The highest BCUT2D eigenvalue weighted by Crippen LogP contribution is 2.30. The molecule has 1 aromatic rings. The summed E-state index contributed by atoms with van der Waals surface area (Å²) in [7, 11) is -1.91. The zero-order valence-electron chi connectivity index (χ0n) is 10.0. The van der Waals surface area contributed by atoms with Gasteiger partial charge in [-0.15, -0.1) is 0 Å². The van der Waals surface area contributed by atoms with Crippen molar-refractivity contribution in [3.8, 4) is 6.07 Å². The van der Waals surface area contributed by atoms with Crippen LogP contribution in [-0.4, -0.2) is 8.32 Å². The van der Waals surface area contributed by atoms with Crippen LogP contribution in [0.25, 0.3) is 0 Å². The van der Waals surface area contributed by atoms with E-state index in [1.165, 1.54) is 6.07 Å². The molecule has 0 spiro atoms. The second-order valence-corrected chi connectivity index (χ2v) is 9.27. The van der Waals surface area contributed by atoms with Crippen molar-refractivity contribution in [3.63, 3.8) is 0 Å². The molecule has 0 radical (unpaired) electrons. The minimum atomic E-state index is -1.91. The van der Waals surface area contributed by atoms with Crippen molar-refractivity contribution >= 4 is 8.32 Å². The van der Waals surface area contributed by atoms with Crippen molar-refractivity contribution < 1.29 is 8.82 Å². The Bertz CT molecular complexity index is 422. The van der Waals surface area contributed by atoms with Gasteiger partial charge in [-0.05, 0) is 32.6 Å². The Hall–Kier alpha value is -1.18. The third-order valence-corrected chi connectivity index (χ3v) is 3.13. The van der Waals surface area contributed by atoms with Gasteiger partial charge < -0.3 is 4.43 Å². The zero-order valence-corrected chi connectivity index (χ0v) is 11.0. The summed E-state index contributed by atoms with van der Waals surface area (Å²) < 4.78 is 19.4. The van der Waals surface area contributed by atoms with Crippen LogP contribution in [-0.2, 0) is 10.0 Å². The Balaban J connectivity index is 3.17. The minimum Gasteiger partial charge on any atom is -0.397 e. The number of hydrogen-bond donors (Lipinski definition) is 0. The first kappa shape index (κ1) is 12.9. The molecule has 0 saturated heterocycles. The maximum atomic E-state index is 13.6. The summed E-state index contributed by atoms with van der Waals surface area (Å²) in [5, 5.41) is 9.21. The third-order valence-electron chi connectivity index (χ3n) is 2.11. The molecule has 0 aliphatic heterocycles. The van der Waals surface area contributed by atoms with E-state index in [9.17, 15) is 9.65 Å². The van der Waals surface area contributed by atoms with Crippen LogP contribution >= 0.6 is 0 Å². The molecule has 86 valence electrons. The first-order valence-electron chi connectivity index (χ1n) is 5.15. The van der Waals surface area contributed by atoms with Crippen LogP contribution in [0.3, 0.4) is 0 Å². The normalized spacial score (nSPS) is 15.2. The monoisotopic (exact) mass is 237 g/mol. The van der Waals surface area contributed by atoms with E-state index in [1.54, 1.807) is 25.1 Å². The van der Waals surface area contributed by atoms with Gasteiger partial charge in [-0.3, -0.25) is 0 Å². The molecular formula is C12H16FNOSi. The molecule has 1 rings (SSSR count). The summed E-state index contributed by atoms with van der Waals surface area (Å²) in [4.78, 5) is 0. The molecule has 0 unspecified atom stereocenters. The third kappa shape index (κ3) is 2.91. The van der Waals surface area contributed by atoms with Gasteiger partial charge in [0.1, 0.15) is 11.9 Å². The molecule has 1 aromatic carbocycles. The summed E-state index contributed by atoms with van der Waals surface area (Å²) in [6.07, 6.45) is 0. The maximum Gasteiger partial charge on any atom is 0.186 e. The van der Waals surface area contributed by atoms with Crippen LogP contribution in [0.1, 0.15) is 12.5 Å². The summed E-state index contributed by atoms with van der Waals surface area (Å²) in [5.41, 5.74) is -0.893. The molecule has 0 heterocycles. The average molecular weight is 237 g/mol. The number of hydrogen-bond acceptors (Lipinski definition) is 2. The molecule has 0 aliphatic rings. The Morgan fingerprint density at radius 3 is 2.31 bits per heavy atom. The van der Waals surface area contributed by atoms with E-state index in [0.29, 0.717) is 5.56 Å². The van der Waals surface area contributed by atoms with Crippen LogP contribution in [0.5, 0.6) is 0 Å². The van der Waals surface area contributed by atoms with Gasteiger partial charge in [-0.2, -0.15) is 5.26 Å². The molecule has 0 amide bonds. The van der Waals surface area contributed by atoms with E-state index < -0.39 is 19.7 Å². The lowest BCUT2D eigenvalue weighted by molar-refractivity contribution is 0.136. The molecule has 2 nitrogen and oxygen atoms in total. The van der Waals surface area contributed by atoms with Crippen molar-refractivity contribution in [2.24, 2.45) is 0 Å². The predicted octanol–water partition coefficient (Wildman–Crippen LogP) is 3.42. The van der Waals surface area contributed by atoms with Gasteiger partial charge in [0.25, 0.3) is 0 Å². The highest BCUT2D eigenvalue weighted by molar-refractivity contribution is 6.69. The standard InChI is InChI=1S/C12H16FNOSi/c1-12(9-14,15-16(2,3)4)10-7-5-6-8-11(10)13/h5-8H,1-4H3/t12-/m0/s1. The second-order valence-electron chi connectivity index (χ2n) is 4.84. The number of nitriles is 1. The molecule has 0 N–H and O–H groups in total. The van der Waals surface area contributed by atoms with E-state index in [4.69, 9.17) is 4.43 Å². The minimum absolute atomic E-state index is 0.305. The fourth-order valence-electron chi connectivity index (χ4n) is 1.60. The lowest BCUT2D eigenvalue weighted by Crippen LogP contribution is -2.38. The average Bonchev–Trinajstić information content (AvgIpc) is 2.15. The maximum absolute atomic E-state index is 13.6. The molecule has 0 bridgehead atoms. The molecule has 0 saturated carbocycles. The van der Waals surface area contributed by atoms with Gasteiger partial charge in [0.2, 0.25) is 0 Å². The highest BCUT2D eigenvalue weighted by atomic mass is 28.4. The van der Waals surface area contributed by atoms with Crippen molar-refractivity contribution in [1.82, 2.24) is 0 Å². The van der Waals surface area contributed by atoms with Crippen molar-refractivity contribution in [2.75, 3.05) is 0 Å². The van der Waals surface area contributed by atoms with E-state index >= 15 is 0 Å². The van der Waals surface area contributed by atoms with Crippen LogP contribution in [0.2, 0.25) is 19.6 Å². The predicted molar refractivity (Wildman–Crippen MR) is 63.8 cm³/mol. The zero-order chi connectivity index (χ0) is 12.4. The van der Waals surface area contributed by atoms with Gasteiger partial charge in [0, 0.05) is 5.56 Å². The van der Waals surface area contributed by atoms with Gasteiger partial charge in [-0.1, -0.05) is 18.2 Å². The van der Waals surface area contributed by atoms with Crippen molar-refractivity contribution in [3.05, 3.63) is 35.6 Å². The van der Waals surface area contributed by atoms with Crippen LogP contribution in [0.4, 0.5) is 4.39 Å². The number of rotatable bonds is 3. The molecule has 16 heavy (non-hydrogen) atoms. The first-order chi connectivity index (χ1) is 7.28. The Morgan fingerprint density at radius 1 is 1.31 bits per heavy atom. The highest BCUT2D eigenvalue weighted by Gasteiger charge is 2.35. The van der Waals surface area contributed by atoms with Gasteiger partial charge >= 0.3 is 0 Å². The molecule has 0 aromatic heterocycles.